The summed E-state index contributed by atoms with van der Waals surface area (Å²) in [5.74, 6) is -0.540. The quantitative estimate of drug-likeness (QED) is 0.569. The number of aromatic nitrogens is 3. The minimum Gasteiger partial charge on any atom is -0.422 e. The maximum Gasteiger partial charge on any atom is 0.349 e. The van der Waals surface area contributed by atoms with Crippen molar-refractivity contribution in [2.24, 2.45) is 7.05 Å². The molecule has 1 N–H and O–H groups in total. The summed E-state index contributed by atoms with van der Waals surface area (Å²) in [7, 11) is 1.81. The predicted molar refractivity (Wildman–Crippen MR) is 93.7 cm³/mol. The molecule has 1 amide bonds. The third-order valence-corrected chi connectivity index (χ3v) is 4.01. The van der Waals surface area contributed by atoms with Crippen LogP contribution in [0.5, 0.6) is 0 Å². The monoisotopic (exact) mass is 334 g/mol. The van der Waals surface area contributed by atoms with Gasteiger partial charge in [0.25, 0.3) is 5.91 Å². The normalized spacial score (nSPS) is 11.1. The first-order valence-electron chi connectivity index (χ1n) is 7.66. The zero-order valence-corrected chi connectivity index (χ0v) is 13.6. The molecule has 3 aromatic heterocycles. The zero-order chi connectivity index (χ0) is 17.6. The Morgan fingerprint density at radius 3 is 2.88 bits per heavy atom. The van der Waals surface area contributed by atoms with Gasteiger partial charge in [-0.15, -0.1) is 0 Å². The van der Waals surface area contributed by atoms with Crippen LogP contribution in [0.3, 0.4) is 0 Å². The maximum atomic E-state index is 12.5. The average Bonchev–Trinajstić information content (AvgIpc) is 2.88. The van der Waals surface area contributed by atoms with Crippen molar-refractivity contribution in [1.82, 2.24) is 14.8 Å². The van der Waals surface area contributed by atoms with Gasteiger partial charge in [0.05, 0.1) is 17.6 Å². The molecule has 0 saturated carbocycles. The number of anilines is 1. The molecule has 7 nitrogen and oxygen atoms in total. The van der Waals surface area contributed by atoms with Crippen molar-refractivity contribution in [1.29, 1.82) is 0 Å². The standard InChI is InChI=1S/C18H14N4O3/c1-10-13-8-12(9-19-16(13)22(2)21-10)20-17(23)14-7-11-5-3-4-6-15(11)25-18(14)24/h3-9H,1-2H3,(H,20,23). The van der Waals surface area contributed by atoms with Crippen LogP contribution in [0.2, 0.25) is 0 Å². The van der Waals surface area contributed by atoms with E-state index in [1.807, 2.05) is 13.0 Å². The van der Waals surface area contributed by atoms with Gasteiger partial charge >= 0.3 is 5.63 Å². The van der Waals surface area contributed by atoms with E-state index in [-0.39, 0.29) is 5.56 Å². The number of hydrogen-bond acceptors (Lipinski definition) is 5. The van der Waals surface area contributed by atoms with Crippen LogP contribution in [0.1, 0.15) is 16.1 Å². The van der Waals surface area contributed by atoms with Crippen molar-refractivity contribution < 1.29 is 9.21 Å². The van der Waals surface area contributed by atoms with Crippen LogP contribution in [0, 0.1) is 6.92 Å². The lowest BCUT2D eigenvalue weighted by molar-refractivity contribution is 0.102. The average molecular weight is 334 g/mol. The van der Waals surface area contributed by atoms with E-state index in [1.54, 1.807) is 36.0 Å². The first-order chi connectivity index (χ1) is 12.0. The Morgan fingerprint density at radius 1 is 1.24 bits per heavy atom. The summed E-state index contributed by atoms with van der Waals surface area (Å²) in [5, 5.41) is 8.51. The van der Waals surface area contributed by atoms with Crippen LogP contribution in [0.15, 0.2) is 51.8 Å². The number of carbonyl (C=O) groups is 1. The van der Waals surface area contributed by atoms with Crippen LogP contribution in [-0.4, -0.2) is 20.7 Å². The summed E-state index contributed by atoms with van der Waals surface area (Å²) in [4.78, 5) is 28.9. The van der Waals surface area contributed by atoms with Crippen molar-refractivity contribution in [3.05, 3.63) is 64.3 Å². The van der Waals surface area contributed by atoms with E-state index in [0.717, 1.165) is 16.7 Å². The number of pyridine rings is 1. The maximum absolute atomic E-state index is 12.5. The molecular weight excluding hydrogens is 320 g/mol. The molecule has 124 valence electrons. The number of amides is 1. The molecule has 0 aliphatic rings. The number of carbonyl (C=O) groups excluding carboxylic acids is 1. The molecule has 0 radical (unpaired) electrons. The van der Waals surface area contributed by atoms with Crippen LogP contribution < -0.4 is 10.9 Å². The lowest BCUT2D eigenvalue weighted by atomic mass is 10.1. The summed E-state index contributed by atoms with van der Waals surface area (Å²) < 4.78 is 6.87. The second-order valence-corrected chi connectivity index (χ2v) is 5.74. The van der Waals surface area contributed by atoms with Crippen molar-refractivity contribution in [3.8, 4) is 0 Å². The molecule has 0 fully saturated rings. The Hall–Kier alpha value is -3.48. The summed E-state index contributed by atoms with van der Waals surface area (Å²) >= 11 is 0. The predicted octanol–water partition coefficient (Wildman–Crippen LogP) is 2.64. The number of nitrogens with one attached hydrogen (secondary N) is 1. The highest BCUT2D eigenvalue weighted by Gasteiger charge is 2.15. The number of para-hydroxylation sites is 1. The van der Waals surface area contributed by atoms with Crippen LogP contribution >= 0.6 is 0 Å². The molecule has 4 rings (SSSR count). The topological polar surface area (TPSA) is 90.0 Å². The number of hydrogen-bond donors (Lipinski definition) is 1. The summed E-state index contributed by atoms with van der Waals surface area (Å²) in [6, 6.07) is 10.3. The van der Waals surface area contributed by atoms with Gasteiger partial charge in [0, 0.05) is 17.8 Å². The van der Waals surface area contributed by atoms with E-state index < -0.39 is 11.5 Å². The fraction of sp³-hybridized carbons (Fsp3) is 0.111. The third-order valence-electron chi connectivity index (χ3n) is 4.01. The van der Waals surface area contributed by atoms with Gasteiger partial charge in [-0.3, -0.25) is 9.48 Å². The molecule has 0 spiro atoms. The Morgan fingerprint density at radius 2 is 2.04 bits per heavy atom. The Kier molecular flexibility index (Phi) is 3.35. The van der Waals surface area contributed by atoms with Gasteiger partial charge in [0.2, 0.25) is 0 Å². The fourth-order valence-electron chi connectivity index (χ4n) is 2.79. The lowest BCUT2D eigenvalue weighted by Crippen LogP contribution is -2.20. The van der Waals surface area contributed by atoms with Crippen molar-refractivity contribution >= 4 is 33.6 Å². The molecular formula is C18H14N4O3. The third kappa shape index (κ3) is 2.55. The number of nitrogens with zero attached hydrogens (tertiary/aromatic N) is 3. The van der Waals surface area contributed by atoms with Crippen molar-refractivity contribution in [2.75, 3.05) is 5.32 Å². The van der Waals surface area contributed by atoms with Gasteiger partial charge in [-0.1, -0.05) is 18.2 Å². The zero-order valence-electron chi connectivity index (χ0n) is 13.6. The van der Waals surface area contributed by atoms with Crippen LogP contribution in [-0.2, 0) is 7.05 Å². The summed E-state index contributed by atoms with van der Waals surface area (Å²) in [6.45, 7) is 1.87. The highest BCUT2D eigenvalue weighted by atomic mass is 16.4. The Bertz CT molecular complexity index is 1190. The van der Waals surface area contributed by atoms with E-state index >= 15 is 0 Å². The van der Waals surface area contributed by atoms with Crippen LogP contribution in [0.4, 0.5) is 5.69 Å². The second-order valence-electron chi connectivity index (χ2n) is 5.74. The van der Waals surface area contributed by atoms with Gasteiger partial charge < -0.3 is 9.73 Å². The molecule has 3 heterocycles. The van der Waals surface area contributed by atoms with Gasteiger partial charge in [0.15, 0.2) is 5.65 Å². The minimum atomic E-state index is -0.678. The Labute approximate surface area is 141 Å². The molecule has 0 aliphatic carbocycles. The highest BCUT2D eigenvalue weighted by molar-refractivity contribution is 6.06. The summed E-state index contributed by atoms with van der Waals surface area (Å²) in [6.07, 6.45) is 1.53. The van der Waals surface area contributed by atoms with E-state index in [1.165, 1.54) is 12.3 Å². The van der Waals surface area contributed by atoms with E-state index in [2.05, 4.69) is 15.4 Å². The first kappa shape index (κ1) is 15.1. The Balaban J connectivity index is 1.71. The van der Waals surface area contributed by atoms with E-state index in [4.69, 9.17) is 4.42 Å². The number of rotatable bonds is 2. The molecule has 0 aliphatic heterocycles. The number of fused-ring (bicyclic) bond motifs is 2. The molecule has 0 saturated heterocycles. The van der Waals surface area contributed by atoms with E-state index in [9.17, 15) is 9.59 Å². The largest absolute Gasteiger partial charge is 0.422 e. The molecule has 25 heavy (non-hydrogen) atoms. The number of aryl methyl sites for hydroxylation is 2. The molecule has 4 aromatic rings. The van der Waals surface area contributed by atoms with E-state index in [0.29, 0.717) is 16.7 Å². The van der Waals surface area contributed by atoms with Gasteiger partial charge in [-0.05, 0) is 25.1 Å². The molecule has 0 atom stereocenters. The van der Waals surface area contributed by atoms with Crippen molar-refractivity contribution in [2.45, 2.75) is 6.92 Å². The molecule has 0 unspecified atom stereocenters. The molecule has 7 heteroatoms. The fourth-order valence-corrected chi connectivity index (χ4v) is 2.79. The molecule has 0 bridgehead atoms. The summed E-state index contributed by atoms with van der Waals surface area (Å²) in [5.41, 5.74) is 1.73. The molecule has 1 aromatic carbocycles. The van der Waals surface area contributed by atoms with Gasteiger partial charge in [-0.2, -0.15) is 5.10 Å². The van der Waals surface area contributed by atoms with Crippen LogP contribution in [0.25, 0.3) is 22.0 Å². The van der Waals surface area contributed by atoms with Crippen molar-refractivity contribution in [3.63, 3.8) is 0 Å². The highest BCUT2D eigenvalue weighted by Crippen LogP contribution is 2.20. The van der Waals surface area contributed by atoms with Gasteiger partial charge in [-0.25, -0.2) is 9.78 Å². The number of benzene rings is 1. The SMILES string of the molecule is Cc1nn(C)c2ncc(NC(=O)c3cc4ccccc4oc3=O)cc12. The first-order valence-corrected chi connectivity index (χ1v) is 7.66. The smallest absolute Gasteiger partial charge is 0.349 e. The lowest BCUT2D eigenvalue weighted by Gasteiger charge is -2.05. The minimum absolute atomic E-state index is 0.0540. The second kappa shape index (κ2) is 5.55. The van der Waals surface area contributed by atoms with Gasteiger partial charge in [0.1, 0.15) is 11.1 Å².